The second kappa shape index (κ2) is 14.2. The monoisotopic (exact) mass is 876 g/mol. The van der Waals surface area contributed by atoms with Gasteiger partial charge in [-0.25, -0.2) is 0 Å². The third kappa shape index (κ3) is 5.45. The van der Waals surface area contributed by atoms with E-state index in [0.717, 1.165) is 89.2 Å². The fourth-order valence-corrected chi connectivity index (χ4v) is 10.8. The molecule has 9 aromatic carbocycles. The molecule has 0 fully saturated rings. The first-order chi connectivity index (χ1) is 33.7. The maximum absolute atomic E-state index is 7.15. The van der Waals surface area contributed by atoms with Gasteiger partial charge in [0.25, 0.3) is 0 Å². The van der Waals surface area contributed by atoms with E-state index in [0.29, 0.717) is 46.0 Å². The van der Waals surface area contributed by atoms with Crippen LogP contribution in [0.1, 0.15) is 0 Å². The molecule has 11 aromatic rings. The molecule has 318 valence electrons. The zero-order valence-electron chi connectivity index (χ0n) is 36.1. The number of fused-ring (bicyclic) bond motifs is 12. The number of nitrogens with zero attached hydrogens (tertiary/aromatic N) is 2. The average molecular weight is 877 g/mol. The van der Waals surface area contributed by atoms with Crippen molar-refractivity contribution >= 4 is 103 Å². The van der Waals surface area contributed by atoms with Crippen LogP contribution >= 0.6 is 0 Å². The summed E-state index contributed by atoms with van der Waals surface area (Å²) in [4.78, 5) is 4.45. The molecule has 8 nitrogen and oxygen atoms in total. The lowest BCUT2D eigenvalue weighted by Crippen LogP contribution is -2.61. The Kier molecular flexibility index (Phi) is 7.80. The van der Waals surface area contributed by atoms with Crippen LogP contribution in [0, 0.1) is 0 Å². The van der Waals surface area contributed by atoms with E-state index < -0.39 is 0 Å². The highest BCUT2D eigenvalue weighted by Gasteiger charge is 2.49. The molecule has 4 aliphatic rings. The van der Waals surface area contributed by atoms with E-state index in [1.54, 1.807) is 0 Å². The minimum atomic E-state index is -0.371. The number of ether oxygens (including phenoxy) is 4. The summed E-state index contributed by atoms with van der Waals surface area (Å²) in [6.07, 6.45) is 0. The Morgan fingerprint density at radius 2 is 0.632 bits per heavy atom. The maximum atomic E-state index is 7.15. The van der Waals surface area contributed by atoms with Crippen LogP contribution in [0.2, 0.25) is 0 Å². The van der Waals surface area contributed by atoms with Crippen molar-refractivity contribution in [2.45, 2.75) is 0 Å². The van der Waals surface area contributed by atoms with Gasteiger partial charge >= 0.3 is 13.4 Å². The van der Waals surface area contributed by atoms with Crippen molar-refractivity contribution in [2.24, 2.45) is 0 Å². The van der Waals surface area contributed by atoms with Crippen LogP contribution in [0.5, 0.6) is 46.0 Å². The van der Waals surface area contributed by atoms with Crippen LogP contribution in [0.4, 0.5) is 34.1 Å². The Morgan fingerprint density at radius 1 is 0.294 bits per heavy atom. The van der Waals surface area contributed by atoms with E-state index in [1.807, 2.05) is 66.7 Å². The van der Waals surface area contributed by atoms with Gasteiger partial charge in [-0.05, 0) is 83.7 Å². The van der Waals surface area contributed by atoms with Crippen molar-refractivity contribution < 1.29 is 27.8 Å². The van der Waals surface area contributed by atoms with Gasteiger partial charge in [-0.2, -0.15) is 0 Å². The van der Waals surface area contributed by atoms with Gasteiger partial charge in [-0.1, -0.05) is 103 Å². The third-order valence-electron chi connectivity index (χ3n) is 13.6. The Hall–Kier alpha value is -9.01. The summed E-state index contributed by atoms with van der Waals surface area (Å²) in [5.74, 6) is 5.46. The third-order valence-corrected chi connectivity index (χ3v) is 13.6. The molecule has 0 spiro atoms. The predicted octanol–water partition coefficient (Wildman–Crippen LogP) is 11.6. The molecule has 6 heterocycles. The van der Waals surface area contributed by atoms with Gasteiger partial charge in [-0.15, -0.1) is 0 Å². The van der Waals surface area contributed by atoms with E-state index in [4.69, 9.17) is 27.8 Å². The number of hydrogen-bond acceptors (Lipinski definition) is 8. The van der Waals surface area contributed by atoms with E-state index in [1.165, 1.54) is 0 Å². The number of para-hydroxylation sites is 6. The van der Waals surface area contributed by atoms with Crippen molar-refractivity contribution in [3.05, 3.63) is 206 Å². The first-order valence-corrected chi connectivity index (χ1v) is 22.8. The second-order valence-electron chi connectivity index (χ2n) is 17.5. The zero-order valence-corrected chi connectivity index (χ0v) is 36.1. The Morgan fingerprint density at radius 3 is 1.01 bits per heavy atom. The highest BCUT2D eigenvalue weighted by Crippen LogP contribution is 2.47. The molecular formula is C58H34B2N2O6. The van der Waals surface area contributed by atoms with Gasteiger partial charge in [0, 0.05) is 64.0 Å². The molecule has 0 bridgehead atoms. The fraction of sp³-hybridized carbons (Fsp3) is 0. The number of furan rings is 2. The van der Waals surface area contributed by atoms with Gasteiger partial charge < -0.3 is 37.6 Å². The number of rotatable bonds is 6. The average Bonchev–Trinajstić information content (AvgIpc) is 3.95. The van der Waals surface area contributed by atoms with Gasteiger partial charge in [0.2, 0.25) is 0 Å². The van der Waals surface area contributed by atoms with Crippen LogP contribution in [-0.2, 0) is 0 Å². The lowest BCUT2D eigenvalue weighted by molar-refractivity contribution is 0.449. The summed E-state index contributed by atoms with van der Waals surface area (Å²) in [7, 11) is 0. The molecule has 0 aliphatic carbocycles. The van der Waals surface area contributed by atoms with Gasteiger partial charge in [0.15, 0.2) is 11.5 Å². The zero-order chi connectivity index (χ0) is 44.5. The maximum Gasteiger partial charge on any atom is 0.305 e. The SMILES string of the molecule is c1ccc(N(c2ccccc2)c2cc3c4c(c2)Oc2c(oc5ccccc25)B4c2cc4c(cc2O3)Oc2cc(N(c3ccccc3)c3ccccc3)cc3c2B4c2oc4ccccc4c2O3)cc1. The molecule has 0 N–H and O–H groups in total. The first kappa shape index (κ1) is 37.2. The molecule has 0 saturated heterocycles. The summed E-state index contributed by atoms with van der Waals surface area (Å²) in [5.41, 5.74) is 12.4. The lowest BCUT2D eigenvalue weighted by atomic mass is 9.33. The van der Waals surface area contributed by atoms with Crippen LogP contribution in [0.3, 0.4) is 0 Å². The number of anilines is 6. The summed E-state index contributed by atoms with van der Waals surface area (Å²) < 4.78 is 42.0. The molecule has 10 heteroatoms. The summed E-state index contributed by atoms with van der Waals surface area (Å²) >= 11 is 0. The summed E-state index contributed by atoms with van der Waals surface area (Å²) in [5, 5.41) is 1.81. The molecule has 4 aliphatic heterocycles. The Balaban J connectivity index is 0.953. The van der Waals surface area contributed by atoms with E-state index in [9.17, 15) is 0 Å². The van der Waals surface area contributed by atoms with Crippen LogP contribution in [-0.4, -0.2) is 13.4 Å². The van der Waals surface area contributed by atoms with Crippen molar-refractivity contribution in [3.63, 3.8) is 0 Å². The molecule has 0 atom stereocenters. The smallest absolute Gasteiger partial charge is 0.305 e. The molecule has 0 unspecified atom stereocenters. The highest BCUT2D eigenvalue weighted by atomic mass is 16.5. The first-order valence-electron chi connectivity index (χ1n) is 22.8. The largest absolute Gasteiger partial charge is 0.466 e. The van der Waals surface area contributed by atoms with Crippen LogP contribution in [0.25, 0.3) is 21.9 Å². The molecule has 0 radical (unpaired) electrons. The summed E-state index contributed by atoms with van der Waals surface area (Å²) in [6.45, 7) is -0.741. The quantitative estimate of drug-likeness (QED) is 0.153. The van der Waals surface area contributed by atoms with Crippen LogP contribution < -0.4 is 61.9 Å². The number of benzene rings is 9. The molecule has 0 amide bonds. The van der Waals surface area contributed by atoms with Crippen molar-refractivity contribution in [1.82, 2.24) is 0 Å². The molecule has 15 rings (SSSR count). The van der Waals surface area contributed by atoms with Crippen LogP contribution in [0.15, 0.2) is 215 Å². The molecular weight excluding hydrogens is 842 g/mol. The predicted molar refractivity (Wildman–Crippen MR) is 271 cm³/mol. The van der Waals surface area contributed by atoms with Crippen molar-refractivity contribution in [3.8, 4) is 46.0 Å². The number of hydrogen-bond donors (Lipinski definition) is 0. The Bertz CT molecular complexity index is 3510. The van der Waals surface area contributed by atoms with Gasteiger partial charge in [0.05, 0.1) is 22.1 Å². The van der Waals surface area contributed by atoms with Crippen molar-refractivity contribution in [2.75, 3.05) is 9.80 Å². The summed E-state index contributed by atoms with van der Waals surface area (Å²) in [6, 6.07) is 70.3. The normalized spacial score (nSPS) is 13.1. The van der Waals surface area contributed by atoms with E-state index in [2.05, 4.69) is 149 Å². The van der Waals surface area contributed by atoms with E-state index in [-0.39, 0.29) is 13.4 Å². The standard InChI is InChI=1S/C58H34B2N2O6/c1-5-17-35(18-6-1)61(36-19-7-2-8-20-36)39-29-49-53-51(31-39)65-55-41-25-13-15-27-45(41)67-57(55)59(53)43-33-44-48(34-47(43)63-49)64-50-30-40(62(37-21-9-3-10-22-37)38-23-11-4-12-24-38)32-52-54(50)60(44)58-56(66-52)42-26-14-16-28-46(42)68-58/h1-34H. The molecule has 2 aromatic heterocycles. The van der Waals surface area contributed by atoms with Crippen molar-refractivity contribution in [1.29, 1.82) is 0 Å². The molecule has 68 heavy (non-hydrogen) atoms. The Labute approximate surface area is 390 Å². The minimum absolute atomic E-state index is 0.371. The molecule has 0 saturated carbocycles. The lowest BCUT2D eigenvalue weighted by Gasteiger charge is -2.36. The fourth-order valence-electron chi connectivity index (χ4n) is 10.8. The minimum Gasteiger partial charge on any atom is -0.466 e. The van der Waals surface area contributed by atoms with Gasteiger partial charge in [-0.3, -0.25) is 0 Å². The van der Waals surface area contributed by atoms with E-state index >= 15 is 0 Å². The van der Waals surface area contributed by atoms with Gasteiger partial charge in [0.1, 0.15) is 57.0 Å². The topological polar surface area (TPSA) is 69.7 Å². The highest BCUT2D eigenvalue weighted by molar-refractivity contribution is 7.00. The second-order valence-corrected chi connectivity index (χ2v) is 17.5.